The van der Waals surface area contributed by atoms with Crippen molar-refractivity contribution >= 4 is 12.0 Å². The molecule has 19 heavy (non-hydrogen) atoms. The summed E-state index contributed by atoms with van der Waals surface area (Å²) in [6.45, 7) is 8.66. The lowest BCUT2D eigenvalue weighted by molar-refractivity contribution is -0.126. The molecule has 0 radical (unpaired) electrons. The molecule has 0 aliphatic carbocycles. The van der Waals surface area contributed by atoms with Crippen LogP contribution in [0.15, 0.2) is 17.7 Å². The topological polar surface area (TPSA) is 60.8 Å². The summed E-state index contributed by atoms with van der Waals surface area (Å²) < 4.78 is 0. The smallest absolute Gasteiger partial charge is 0.249 e. The van der Waals surface area contributed by atoms with E-state index in [2.05, 4.69) is 0 Å². The first-order chi connectivity index (χ1) is 8.90. The summed E-state index contributed by atoms with van der Waals surface area (Å²) in [5, 5.41) is 19.1. The van der Waals surface area contributed by atoms with Crippen molar-refractivity contribution in [2.75, 3.05) is 13.1 Å². The molecule has 0 unspecified atom stereocenters. The van der Waals surface area contributed by atoms with Crippen molar-refractivity contribution in [3.63, 3.8) is 0 Å². The number of amides is 1. The molecule has 2 N–H and O–H groups in total. The Kier molecular flexibility index (Phi) is 4.98. The van der Waals surface area contributed by atoms with Gasteiger partial charge >= 0.3 is 0 Å². The lowest BCUT2D eigenvalue weighted by Crippen LogP contribution is -2.30. The number of phenols is 2. The van der Waals surface area contributed by atoms with Crippen molar-refractivity contribution in [3.05, 3.63) is 28.8 Å². The zero-order valence-corrected chi connectivity index (χ0v) is 11.9. The highest BCUT2D eigenvalue weighted by atomic mass is 16.3. The summed E-state index contributed by atoms with van der Waals surface area (Å²) >= 11 is 0. The first-order valence-electron chi connectivity index (χ1n) is 6.40. The van der Waals surface area contributed by atoms with E-state index in [1.165, 1.54) is 6.07 Å². The fourth-order valence-electron chi connectivity index (χ4n) is 1.94. The molecule has 0 atom stereocenters. The van der Waals surface area contributed by atoms with Gasteiger partial charge in [-0.2, -0.15) is 0 Å². The Bertz CT molecular complexity index is 479. The van der Waals surface area contributed by atoms with E-state index in [1.807, 2.05) is 13.8 Å². The van der Waals surface area contributed by atoms with Crippen molar-refractivity contribution in [1.82, 2.24) is 4.90 Å². The predicted molar refractivity (Wildman–Crippen MR) is 76.1 cm³/mol. The normalized spacial score (nSPS) is 11.5. The Morgan fingerprint density at radius 2 is 1.84 bits per heavy atom. The van der Waals surface area contributed by atoms with Crippen molar-refractivity contribution in [3.8, 4) is 11.5 Å². The third-order valence-electron chi connectivity index (χ3n) is 3.07. The summed E-state index contributed by atoms with van der Waals surface area (Å²) in [6.07, 6.45) is 1.72. The maximum absolute atomic E-state index is 12.1. The summed E-state index contributed by atoms with van der Waals surface area (Å²) in [7, 11) is 0. The second-order valence-electron chi connectivity index (χ2n) is 4.51. The van der Waals surface area contributed by atoms with Gasteiger partial charge in [-0.3, -0.25) is 4.79 Å². The number of aromatic hydroxyl groups is 2. The molecule has 0 saturated carbocycles. The van der Waals surface area contributed by atoms with Crippen molar-refractivity contribution < 1.29 is 15.0 Å². The molecule has 1 aromatic carbocycles. The quantitative estimate of drug-likeness (QED) is 0.648. The number of aryl methyl sites for hydroxylation is 1. The van der Waals surface area contributed by atoms with Gasteiger partial charge in [0.15, 0.2) is 11.5 Å². The Labute approximate surface area is 114 Å². The number of carbonyl (C=O) groups is 1. The number of likely N-dealkylation sites (N-methyl/N-ethyl adjacent to an activating group) is 1. The monoisotopic (exact) mass is 263 g/mol. The predicted octanol–water partition coefficient (Wildman–Crippen LogP) is 2.68. The van der Waals surface area contributed by atoms with E-state index >= 15 is 0 Å². The molecule has 0 bridgehead atoms. The molecule has 0 aliphatic rings. The minimum absolute atomic E-state index is 0.0183. The van der Waals surface area contributed by atoms with Gasteiger partial charge in [0, 0.05) is 18.7 Å². The fourth-order valence-corrected chi connectivity index (χ4v) is 1.94. The molecule has 0 fully saturated rings. The van der Waals surface area contributed by atoms with Gasteiger partial charge in [-0.05, 0) is 57.0 Å². The zero-order valence-electron chi connectivity index (χ0n) is 11.9. The Hall–Kier alpha value is -1.97. The highest BCUT2D eigenvalue weighted by molar-refractivity contribution is 5.97. The summed E-state index contributed by atoms with van der Waals surface area (Å²) in [4.78, 5) is 13.8. The molecule has 0 spiro atoms. The molecule has 1 rings (SSSR count). The first kappa shape index (κ1) is 15.1. The average molecular weight is 263 g/mol. The molecule has 4 nitrogen and oxygen atoms in total. The van der Waals surface area contributed by atoms with Crippen LogP contribution in [0.1, 0.15) is 31.9 Å². The van der Waals surface area contributed by atoms with E-state index in [0.29, 0.717) is 29.8 Å². The largest absolute Gasteiger partial charge is 0.504 e. The SMILES string of the molecule is CCN(CC)C(=O)/C(C)=C/c1cc(C)c(O)c(O)c1. The van der Waals surface area contributed by atoms with E-state index in [4.69, 9.17) is 0 Å². The number of carbonyl (C=O) groups excluding carboxylic acids is 1. The van der Waals surface area contributed by atoms with Gasteiger partial charge in [0.1, 0.15) is 0 Å². The van der Waals surface area contributed by atoms with Crippen LogP contribution in [-0.2, 0) is 4.79 Å². The second-order valence-corrected chi connectivity index (χ2v) is 4.51. The number of phenolic OH excluding ortho intramolecular Hbond substituents is 2. The van der Waals surface area contributed by atoms with Crippen molar-refractivity contribution in [1.29, 1.82) is 0 Å². The van der Waals surface area contributed by atoms with E-state index in [0.717, 1.165) is 0 Å². The standard InChI is InChI=1S/C15H21NO3/c1-5-16(6-2)15(19)11(4)8-12-7-10(3)14(18)13(17)9-12/h7-9,17-18H,5-6H2,1-4H3/b11-8+. The van der Waals surface area contributed by atoms with E-state index < -0.39 is 0 Å². The lowest BCUT2D eigenvalue weighted by Gasteiger charge is -2.18. The van der Waals surface area contributed by atoms with Crippen LogP contribution in [0.25, 0.3) is 6.08 Å². The van der Waals surface area contributed by atoms with Crippen LogP contribution in [0.4, 0.5) is 0 Å². The lowest BCUT2D eigenvalue weighted by atomic mass is 10.1. The summed E-state index contributed by atoms with van der Waals surface area (Å²) in [6, 6.07) is 3.18. The molecular formula is C15H21NO3. The molecule has 0 aliphatic heterocycles. The highest BCUT2D eigenvalue weighted by Gasteiger charge is 2.12. The van der Waals surface area contributed by atoms with Crippen LogP contribution >= 0.6 is 0 Å². The number of benzene rings is 1. The van der Waals surface area contributed by atoms with Gasteiger partial charge in [-0.1, -0.05) is 0 Å². The summed E-state index contributed by atoms with van der Waals surface area (Å²) in [5.74, 6) is -0.311. The first-order valence-corrected chi connectivity index (χ1v) is 6.40. The molecular weight excluding hydrogens is 242 g/mol. The number of nitrogens with zero attached hydrogens (tertiary/aromatic N) is 1. The second kappa shape index (κ2) is 6.27. The van der Waals surface area contributed by atoms with Gasteiger partial charge in [0.2, 0.25) is 5.91 Å². The van der Waals surface area contributed by atoms with Crippen LogP contribution in [0.2, 0.25) is 0 Å². The minimum atomic E-state index is -0.172. The van der Waals surface area contributed by atoms with E-state index in [1.54, 1.807) is 30.9 Å². The number of hydrogen-bond donors (Lipinski definition) is 2. The molecule has 4 heteroatoms. The molecule has 0 heterocycles. The molecule has 1 aromatic rings. The Morgan fingerprint density at radius 3 is 2.32 bits per heavy atom. The number of hydrogen-bond acceptors (Lipinski definition) is 3. The minimum Gasteiger partial charge on any atom is -0.504 e. The van der Waals surface area contributed by atoms with Gasteiger partial charge in [-0.15, -0.1) is 0 Å². The van der Waals surface area contributed by atoms with Gasteiger partial charge in [0.25, 0.3) is 0 Å². The Morgan fingerprint density at radius 1 is 1.26 bits per heavy atom. The number of rotatable bonds is 4. The van der Waals surface area contributed by atoms with Crippen LogP contribution in [0.3, 0.4) is 0 Å². The van der Waals surface area contributed by atoms with Crippen LogP contribution in [-0.4, -0.2) is 34.1 Å². The van der Waals surface area contributed by atoms with Gasteiger partial charge < -0.3 is 15.1 Å². The highest BCUT2D eigenvalue weighted by Crippen LogP contribution is 2.30. The van der Waals surface area contributed by atoms with Crippen molar-refractivity contribution in [2.45, 2.75) is 27.7 Å². The molecule has 1 amide bonds. The zero-order chi connectivity index (χ0) is 14.6. The molecule has 0 aromatic heterocycles. The van der Waals surface area contributed by atoms with Crippen LogP contribution < -0.4 is 0 Å². The summed E-state index contributed by atoms with van der Waals surface area (Å²) in [5.41, 5.74) is 1.88. The maximum Gasteiger partial charge on any atom is 0.249 e. The van der Waals surface area contributed by atoms with Gasteiger partial charge in [-0.25, -0.2) is 0 Å². The van der Waals surface area contributed by atoms with Crippen LogP contribution in [0.5, 0.6) is 11.5 Å². The molecule has 104 valence electrons. The third-order valence-corrected chi connectivity index (χ3v) is 3.07. The van der Waals surface area contributed by atoms with Gasteiger partial charge in [0.05, 0.1) is 0 Å². The fraction of sp³-hybridized carbons (Fsp3) is 0.400. The maximum atomic E-state index is 12.1. The van der Waals surface area contributed by atoms with Crippen molar-refractivity contribution in [2.24, 2.45) is 0 Å². The van der Waals surface area contributed by atoms with Crippen LogP contribution in [0, 0.1) is 6.92 Å². The Balaban J connectivity index is 3.05. The average Bonchev–Trinajstić information content (AvgIpc) is 2.37. The van der Waals surface area contributed by atoms with E-state index in [9.17, 15) is 15.0 Å². The molecule has 0 saturated heterocycles. The third kappa shape index (κ3) is 3.50. The van der Waals surface area contributed by atoms with E-state index in [-0.39, 0.29) is 17.4 Å².